The Morgan fingerprint density at radius 3 is 2.50 bits per heavy atom. The highest BCUT2D eigenvalue weighted by Gasteiger charge is 2.27. The molecule has 0 saturated heterocycles. The summed E-state index contributed by atoms with van der Waals surface area (Å²) in [5.41, 5.74) is 0.409. The minimum Gasteiger partial charge on any atom is -0.390 e. The molecule has 0 aliphatic rings. The van der Waals surface area contributed by atoms with Gasteiger partial charge in [-0.1, -0.05) is 0 Å². The summed E-state index contributed by atoms with van der Waals surface area (Å²) in [6.07, 6.45) is -3.05. The molecular weight excluding hydrogens is 199 g/mol. The Hall–Kier alpha value is -0.880. The molecule has 0 rings (SSSR count). The maximum atomic E-state index is 11.6. The maximum Gasteiger partial charge on any atom is 0.411 e. The molecule has 0 atom stereocenters. The van der Waals surface area contributed by atoms with E-state index in [1.807, 2.05) is 0 Å². The number of aliphatic hydroxyl groups excluding tert-OH is 1. The molecule has 0 aromatic heterocycles. The van der Waals surface area contributed by atoms with E-state index in [-0.39, 0.29) is 12.3 Å². The van der Waals surface area contributed by atoms with Crippen LogP contribution in [-0.2, 0) is 4.74 Å². The standard InChI is InChI=1S/C8H12F3NO2/c1-6(2-7(12)3-13)4-14-5-8(9,10)11/h2,12-13H,3-5H2,1H3/b6-2+,12-7?. The predicted octanol–water partition coefficient (Wildman–Crippen LogP) is 1.52. The maximum absolute atomic E-state index is 11.6. The fourth-order valence-electron chi connectivity index (χ4n) is 0.712. The summed E-state index contributed by atoms with van der Waals surface area (Å²) in [6.45, 7) is -0.399. The van der Waals surface area contributed by atoms with Crippen LogP contribution in [0.15, 0.2) is 11.6 Å². The van der Waals surface area contributed by atoms with Gasteiger partial charge in [0, 0.05) is 0 Å². The normalized spacial score (nSPS) is 13.1. The van der Waals surface area contributed by atoms with Gasteiger partial charge in [-0.25, -0.2) is 0 Å². The lowest BCUT2D eigenvalue weighted by Crippen LogP contribution is -2.17. The van der Waals surface area contributed by atoms with Crippen LogP contribution in [-0.4, -0.2) is 36.8 Å². The van der Waals surface area contributed by atoms with Crippen LogP contribution in [0, 0.1) is 5.41 Å². The van der Waals surface area contributed by atoms with E-state index in [2.05, 4.69) is 4.74 Å². The summed E-state index contributed by atoms with van der Waals surface area (Å²) in [5.74, 6) is 0. The summed E-state index contributed by atoms with van der Waals surface area (Å²) < 4.78 is 39.2. The summed E-state index contributed by atoms with van der Waals surface area (Å²) in [7, 11) is 0. The van der Waals surface area contributed by atoms with E-state index in [9.17, 15) is 13.2 Å². The van der Waals surface area contributed by atoms with E-state index < -0.39 is 19.4 Å². The van der Waals surface area contributed by atoms with Crippen LogP contribution < -0.4 is 0 Å². The fraction of sp³-hybridized carbons (Fsp3) is 0.625. The lowest BCUT2D eigenvalue weighted by atomic mass is 10.2. The van der Waals surface area contributed by atoms with Gasteiger partial charge in [-0.05, 0) is 18.6 Å². The van der Waals surface area contributed by atoms with Crippen molar-refractivity contribution in [3.05, 3.63) is 11.6 Å². The Labute approximate surface area is 79.7 Å². The average molecular weight is 211 g/mol. The first-order valence-corrected chi connectivity index (χ1v) is 3.85. The third kappa shape index (κ3) is 7.75. The van der Waals surface area contributed by atoms with Crippen LogP contribution in [0.25, 0.3) is 0 Å². The zero-order chi connectivity index (χ0) is 11.2. The van der Waals surface area contributed by atoms with Crippen molar-refractivity contribution in [2.75, 3.05) is 19.8 Å². The molecule has 0 amide bonds. The van der Waals surface area contributed by atoms with E-state index in [0.29, 0.717) is 5.57 Å². The molecule has 0 fully saturated rings. The zero-order valence-corrected chi connectivity index (χ0v) is 7.69. The van der Waals surface area contributed by atoms with Crippen molar-refractivity contribution in [3.8, 4) is 0 Å². The SMILES string of the molecule is C/C(=C\C(=N)CO)COCC(F)(F)F. The Balaban J connectivity index is 3.80. The molecule has 0 spiro atoms. The van der Waals surface area contributed by atoms with Crippen molar-refractivity contribution in [1.29, 1.82) is 5.41 Å². The number of aliphatic hydroxyl groups is 1. The minimum atomic E-state index is -4.33. The monoisotopic (exact) mass is 211 g/mol. The highest BCUT2D eigenvalue weighted by atomic mass is 19.4. The zero-order valence-electron chi connectivity index (χ0n) is 7.69. The van der Waals surface area contributed by atoms with Crippen molar-refractivity contribution in [3.63, 3.8) is 0 Å². The second-order valence-electron chi connectivity index (χ2n) is 2.78. The predicted molar refractivity (Wildman–Crippen MR) is 45.4 cm³/mol. The molecular formula is C8H12F3NO2. The number of ether oxygens (including phenoxy) is 1. The molecule has 0 unspecified atom stereocenters. The topological polar surface area (TPSA) is 53.3 Å². The Bertz CT molecular complexity index is 223. The number of alkyl halides is 3. The van der Waals surface area contributed by atoms with Crippen LogP contribution in [0.5, 0.6) is 0 Å². The van der Waals surface area contributed by atoms with Crippen LogP contribution in [0.2, 0.25) is 0 Å². The van der Waals surface area contributed by atoms with Gasteiger partial charge in [-0.2, -0.15) is 13.2 Å². The second-order valence-corrected chi connectivity index (χ2v) is 2.78. The Morgan fingerprint density at radius 1 is 1.50 bits per heavy atom. The van der Waals surface area contributed by atoms with Crippen molar-refractivity contribution in [2.24, 2.45) is 0 Å². The van der Waals surface area contributed by atoms with Gasteiger partial charge in [-0.3, -0.25) is 0 Å². The van der Waals surface area contributed by atoms with Crippen LogP contribution >= 0.6 is 0 Å². The van der Waals surface area contributed by atoms with Crippen molar-refractivity contribution < 1.29 is 23.0 Å². The van der Waals surface area contributed by atoms with Crippen LogP contribution in [0.4, 0.5) is 13.2 Å². The van der Waals surface area contributed by atoms with E-state index in [1.165, 1.54) is 13.0 Å². The summed E-state index contributed by atoms with van der Waals surface area (Å²) in [5, 5.41) is 15.5. The summed E-state index contributed by atoms with van der Waals surface area (Å²) in [6, 6.07) is 0. The highest BCUT2D eigenvalue weighted by Crippen LogP contribution is 2.14. The van der Waals surface area contributed by atoms with Gasteiger partial charge in [0.25, 0.3) is 0 Å². The largest absolute Gasteiger partial charge is 0.411 e. The number of nitrogens with one attached hydrogen (secondary N) is 1. The smallest absolute Gasteiger partial charge is 0.390 e. The van der Waals surface area contributed by atoms with E-state index in [1.54, 1.807) is 0 Å². The molecule has 0 saturated carbocycles. The van der Waals surface area contributed by atoms with Crippen molar-refractivity contribution in [2.45, 2.75) is 13.1 Å². The van der Waals surface area contributed by atoms with E-state index in [0.717, 1.165) is 0 Å². The molecule has 0 aromatic rings. The molecule has 14 heavy (non-hydrogen) atoms. The highest BCUT2D eigenvalue weighted by molar-refractivity contribution is 5.93. The van der Waals surface area contributed by atoms with Gasteiger partial charge in [0.2, 0.25) is 0 Å². The van der Waals surface area contributed by atoms with Crippen molar-refractivity contribution in [1.82, 2.24) is 0 Å². The molecule has 0 radical (unpaired) electrons. The molecule has 0 bridgehead atoms. The summed E-state index contributed by atoms with van der Waals surface area (Å²) in [4.78, 5) is 0. The van der Waals surface area contributed by atoms with Crippen molar-refractivity contribution >= 4 is 5.71 Å². The van der Waals surface area contributed by atoms with E-state index >= 15 is 0 Å². The Kier molecular flexibility index (Phi) is 5.40. The Morgan fingerprint density at radius 2 is 2.07 bits per heavy atom. The van der Waals surface area contributed by atoms with Gasteiger partial charge >= 0.3 is 6.18 Å². The molecule has 6 heteroatoms. The van der Waals surface area contributed by atoms with Gasteiger partial charge in [0.05, 0.1) is 18.9 Å². The number of halogens is 3. The second kappa shape index (κ2) is 5.77. The fourth-order valence-corrected chi connectivity index (χ4v) is 0.712. The first-order chi connectivity index (χ1) is 6.35. The van der Waals surface area contributed by atoms with E-state index in [4.69, 9.17) is 10.5 Å². The quantitative estimate of drug-likeness (QED) is 0.677. The van der Waals surface area contributed by atoms with Gasteiger partial charge < -0.3 is 15.3 Å². The molecule has 0 aliphatic heterocycles. The number of hydrogen-bond acceptors (Lipinski definition) is 3. The van der Waals surface area contributed by atoms with Gasteiger partial charge in [0.15, 0.2) is 0 Å². The van der Waals surface area contributed by atoms with Gasteiger partial charge in [-0.15, -0.1) is 0 Å². The van der Waals surface area contributed by atoms with Gasteiger partial charge in [0.1, 0.15) is 6.61 Å². The minimum absolute atomic E-state index is 0.0573. The number of rotatable bonds is 5. The number of hydrogen-bond donors (Lipinski definition) is 2. The average Bonchev–Trinajstić information content (AvgIpc) is 2.01. The molecule has 0 aromatic carbocycles. The third-order valence-electron chi connectivity index (χ3n) is 1.19. The lowest BCUT2D eigenvalue weighted by molar-refractivity contribution is -0.171. The molecule has 3 nitrogen and oxygen atoms in total. The van der Waals surface area contributed by atoms with Crippen LogP contribution in [0.3, 0.4) is 0 Å². The molecule has 82 valence electrons. The molecule has 2 N–H and O–H groups in total. The molecule has 0 aliphatic carbocycles. The lowest BCUT2D eigenvalue weighted by Gasteiger charge is -2.07. The summed E-state index contributed by atoms with van der Waals surface area (Å²) >= 11 is 0. The van der Waals surface area contributed by atoms with Crippen LogP contribution in [0.1, 0.15) is 6.92 Å². The third-order valence-corrected chi connectivity index (χ3v) is 1.19. The first kappa shape index (κ1) is 13.1. The molecule has 0 heterocycles. The first-order valence-electron chi connectivity index (χ1n) is 3.85.